The minimum atomic E-state index is -1.20. The number of rotatable bonds is 8. The summed E-state index contributed by atoms with van der Waals surface area (Å²) in [5.74, 6) is 0.0655. The second kappa shape index (κ2) is 13.6. The molecule has 304 valence electrons. The molecule has 7 aliphatic rings. The monoisotopic (exact) mass is 798 g/mol. The van der Waals surface area contributed by atoms with Gasteiger partial charge in [0.05, 0.1) is 23.1 Å². The number of hydrogen-bond donors (Lipinski definition) is 5. The summed E-state index contributed by atoms with van der Waals surface area (Å²) in [7, 11) is 1.91. The SMILES string of the molecule is CNCC1CC2C=CC1C1c3c(cc4oc(C)cc(=O)c4c3O)OC(C)(C)C1OC(=O)C21OC1CCc1cc(N)nc(-c2cc(N)nc(C[NH+]3C=C4C=CN=C4C3)c2)c1. The third kappa shape index (κ3) is 6.23. The smallest absolute Gasteiger partial charge is 0.342 e. The van der Waals surface area contributed by atoms with Crippen LogP contribution in [0.3, 0.4) is 0 Å². The number of ether oxygens (including phenoxy) is 3. The van der Waals surface area contributed by atoms with Crippen LogP contribution in [0.1, 0.15) is 55.2 Å². The molecule has 3 aromatic heterocycles. The van der Waals surface area contributed by atoms with Crippen molar-refractivity contribution in [3.05, 3.63) is 105 Å². The number of aromatic hydroxyl groups is 1. The lowest BCUT2D eigenvalue weighted by molar-refractivity contribution is -0.848. The molecule has 11 rings (SSSR count). The number of phenols is 1. The quantitative estimate of drug-likeness (QED) is 0.0985. The second-order valence-corrected chi connectivity index (χ2v) is 17.4. The fraction of sp³-hybridized carbons (Fsp3) is 0.400. The Balaban J connectivity index is 0.934. The Morgan fingerprint density at radius 1 is 1.05 bits per heavy atom. The minimum Gasteiger partial charge on any atom is -0.507 e. The number of hydrogen-bond acceptors (Lipinski definition) is 13. The number of nitrogen functional groups attached to an aromatic ring is 2. The number of fused-ring (bicyclic) bond motifs is 5. The predicted octanol–water partition coefficient (Wildman–Crippen LogP) is 3.66. The van der Waals surface area contributed by atoms with Crippen molar-refractivity contribution >= 4 is 34.3 Å². The lowest BCUT2D eigenvalue weighted by Crippen LogP contribution is -3.05. The van der Waals surface area contributed by atoms with Gasteiger partial charge < -0.3 is 40.5 Å². The molecule has 0 amide bonds. The molecule has 14 nitrogen and oxygen atoms in total. The summed E-state index contributed by atoms with van der Waals surface area (Å²) < 4.78 is 25.6. The topological polar surface area (TPSA) is 205 Å². The Morgan fingerprint density at radius 2 is 1.88 bits per heavy atom. The minimum absolute atomic E-state index is 0.0409. The van der Waals surface area contributed by atoms with Gasteiger partial charge in [-0.1, -0.05) is 12.2 Å². The summed E-state index contributed by atoms with van der Waals surface area (Å²) in [5, 5.41) is 15.3. The lowest BCUT2D eigenvalue weighted by Gasteiger charge is -2.47. The fourth-order valence-electron chi connectivity index (χ4n) is 10.4. The zero-order chi connectivity index (χ0) is 41.0. The standard InChI is InChI=1S/C45H47N7O7/c1-22-11-32(53)39-33(56-22)17-34-40(41(39)54)38-29-7-6-27(14-26(29)18-48-4)45(43(55)57-42(38)44(2,3)58-34)35(59-45)8-5-23-12-30(51-36(46)13-23)25-15-28(50-37(47)16-25)20-52-19-24-9-10-49-31(24)21-52/h6-7,9-13,15-17,19,26-27,29,35,38,42,48,54H,5,8,14,18,20-21H2,1-4H3,(H2,46,51)(H2,47,50)/p+1. The van der Waals surface area contributed by atoms with Crippen LogP contribution in [0.2, 0.25) is 0 Å². The van der Waals surface area contributed by atoms with E-state index in [9.17, 15) is 14.7 Å². The number of nitrogens with zero attached hydrogens (tertiary/aromatic N) is 3. The summed E-state index contributed by atoms with van der Waals surface area (Å²) >= 11 is 0. The van der Waals surface area contributed by atoms with Gasteiger partial charge in [0.1, 0.15) is 76.6 Å². The van der Waals surface area contributed by atoms with E-state index in [1.165, 1.54) is 11.0 Å². The molecule has 0 radical (unpaired) electrons. The fourth-order valence-corrected chi connectivity index (χ4v) is 10.4. The van der Waals surface area contributed by atoms with Crippen molar-refractivity contribution in [2.24, 2.45) is 22.7 Å². The van der Waals surface area contributed by atoms with Gasteiger partial charge in [-0.05, 0) is 101 Å². The van der Waals surface area contributed by atoms with Gasteiger partial charge >= 0.3 is 5.97 Å². The highest BCUT2D eigenvalue weighted by Crippen LogP contribution is 2.59. The van der Waals surface area contributed by atoms with Crippen LogP contribution in [0.25, 0.3) is 22.2 Å². The number of pyridine rings is 2. The van der Waals surface area contributed by atoms with Gasteiger partial charge in [-0.25, -0.2) is 14.8 Å². The van der Waals surface area contributed by atoms with Crippen molar-refractivity contribution in [3.63, 3.8) is 0 Å². The number of phenolic OH excluding ortho intramolecular Hbond substituents is 1. The number of carbonyl (C=O) groups excluding carboxylic acids is 1. The van der Waals surface area contributed by atoms with Gasteiger partial charge in [0.15, 0.2) is 11.0 Å². The number of anilines is 2. The molecule has 9 heterocycles. The molecule has 59 heavy (non-hydrogen) atoms. The number of aryl methyl sites for hydroxylation is 2. The molecule has 1 spiro atoms. The summed E-state index contributed by atoms with van der Waals surface area (Å²) in [6.45, 7) is 7.57. The largest absolute Gasteiger partial charge is 0.507 e. The summed E-state index contributed by atoms with van der Waals surface area (Å²) in [6.07, 6.45) is 10.8. The average Bonchev–Trinajstić information content (AvgIpc) is 3.52. The first-order valence-corrected chi connectivity index (χ1v) is 20.4. The van der Waals surface area contributed by atoms with E-state index in [1.54, 1.807) is 13.0 Å². The predicted molar refractivity (Wildman–Crippen MR) is 221 cm³/mol. The Labute approximate surface area is 340 Å². The maximum absolute atomic E-state index is 14.7. The molecule has 2 saturated heterocycles. The maximum Gasteiger partial charge on any atom is 0.342 e. The first-order chi connectivity index (χ1) is 28.3. The maximum atomic E-state index is 14.7. The molecule has 2 fully saturated rings. The Kier molecular flexibility index (Phi) is 8.64. The summed E-state index contributed by atoms with van der Waals surface area (Å²) in [5.41, 5.74) is 16.4. The third-order valence-electron chi connectivity index (χ3n) is 13.0. The van der Waals surface area contributed by atoms with Gasteiger partial charge in [-0.15, -0.1) is 0 Å². The first kappa shape index (κ1) is 37.4. The van der Waals surface area contributed by atoms with Crippen molar-refractivity contribution in [2.45, 2.75) is 75.9 Å². The molecule has 0 saturated carbocycles. The van der Waals surface area contributed by atoms with Crippen LogP contribution in [0.15, 0.2) is 86.8 Å². The van der Waals surface area contributed by atoms with E-state index in [-0.39, 0.29) is 39.9 Å². The lowest BCUT2D eigenvalue weighted by atomic mass is 9.64. The first-order valence-electron chi connectivity index (χ1n) is 20.4. The molecule has 1 aliphatic carbocycles. The van der Waals surface area contributed by atoms with Gasteiger partial charge in [0.25, 0.3) is 0 Å². The average molecular weight is 799 g/mol. The van der Waals surface area contributed by atoms with E-state index in [0.717, 1.165) is 34.7 Å². The van der Waals surface area contributed by atoms with Crippen LogP contribution in [0, 0.1) is 24.7 Å². The van der Waals surface area contributed by atoms with Gasteiger partial charge in [-0.2, -0.15) is 0 Å². The molecular weight excluding hydrogens is 751 g/mol. The van der Waals surface area contributed by atoms with Crippen molar-refractivity contribution in [1.29, 1.82) is 0 Å². The van der Waals surface area contributed by atoms with Gasteiger partial charge in [0.2, 0.25) is 0 Å². The second-order valence-electron chi connectivity index (χ2n) is 17.4. The normalized spacial score (nSPS) is 29.5. The number of nitrogens with one attached hydrogen (secondary N) is 2. The number of allylic oxidation sites excluding steroid dienone is 2. The van der Waals surface area contributed by atoms with Crippen molar-refractivity contribution in [3.8, 4) is 22.8 Å². The van der Waals surface area contributed by atoms with E-state index in [0.29, 0.717) is 66.8 Å². The zero-order valence-corrected chi connectivity index (χ0v) is 33.5. The number of benzene rings is 1. The number of aromatic nitrogens is 2. The molecule has 8 atom stereocenters. The molecule has 4 aromatic rings. The highest BCUT2D eigenvalue weighted by Gasteiger charge is 2.70. The Morgan fingerprint density at radius 3 is 2.69 bits per heavy atom. The molecule has 7 N–H and O–H groups in total. The highest BCUT2D eigenvalue weighted by atomic mass is 16.7. The molecule has 6 aliphatic heterocycles. The highest BCUT2D eigenvalue weighted by molar-refractivity contribution is 6.06. The third-order valence-corrected chi connectivity index (χ3v) is 13.0. The zero-order valence-electron chi connectivity index (χ0n) is 33.5. The summed E-state index contributed by atoms with van der Waals surface area (Å²) in [6, 6.07) is 10.7. The van der Waals surface area contributed by atoms with Crippen molar-refractivity contribution in [1.82, 2.24) is 15.3 Å². The number of nitrogens with two attached hydrogens (primary N) is 2. The van der Waals surface area contributed by atoms with E-state index < -0.39 is 35.3 Å². The van der Waals surface area contributed by atoms with Crippen LogP contribution in [0.4, 0.5) is 11.6 Å². The number of carbonyl (C=O) groups is 1. The van der Waals surface area contributed by atoms with Crippen LogP contribution in [-0.4, -0.2) is 70.3 Å². The molecule has 14 heteroatoms. The van der Waals surface area contributed by atoms with Gasteiger partial charge in [0, 0.05) is 41.3 Å². The molecule has 1 aromatic carbocycles. The Bertz CT molecular complexity index is 2630. The Hall–Kier alpha value is -5.83. The number of epoxide rings is 1. The van der Waals surface area contributed by atoms with Crippen LogP contribution < -0.4 is 31.8 Å². The van der Waals surface area contributed by atoms with E-state index >= 15 is 0 Å². The van der Waals surface area contributed by atoms with E-state index in [1.807, 2.05) is 57.4 Å². The van der Waals surface area contributed by atoms with Crippen LogP contribution >= 0.6 is 0 Å². The summed E-state index contributed by atoms with van der Waals surface area (Å²) in [4.78, 5) is 42.9. The van der Waals surface area contributed by atoms with Gasteiger partial charge in [-0.3, -0.25) is 14.7 Å². The van der Waals surface area contributed by atoms with Crippen LogP contribution in [-0.2, 0) is 27.2 Å². The van der Waals surface area contributed by atoms with E-state index in [4.69, 9.17) is 30.1 Å². The van der Waals surface area contributed by atoms with Crippen molar-refractivity contribution < 1.29 is 33.4 Å². The number of quaternary nitrogens is 1. The molecular formula is C45H48N7O7+. The number of aliphatic imine (C=N–C) groups is 1. The number of esters is 1. The van der Waals surface area contributed by atoms with Crippen LogP contribution in [0.5, 0.6) is 11.5 Å². The molecule has 8 unspecified atom stereocenters. The van der Waals surface area contributed by atoms with E-state index in [2.05, 4.69) is 38.6 Å². The molecule has 2 bridgehead atoms. The van der Waals surface area contributed by atoms with Crippen molar-refractivity contribution in [2.75, 3.05) is 31.6 Å².